The second-order valence-corrected chi connectivity index (χ2v) is 4.99. The third-order valence-electron chi connectivity index (χ3n) is 2.64. The lowest BCUT2D eigenvalue weighted by molar-refractivity contribution is -0.391. The van der Waals surface area contributed by atoms with Crippen LogP contribution in [0.4, 0.5) is 23.4 Å². The molecule has 0 aliphatic carbocycles. The summed E-state index contributed by atoms with van der Waals surface area (Å²) in [6, 6.07) is 3.46. The fourth-order valence-corrected chi connectivity index (χ4v) is 2.21. The molecular formula is C11H5BrF4N2O3. The molecule has 0 atom stereocenters. The van der Waals surface area contributed by atoms with E-state index in [0.717, 1.165) is 12.1 Å². The van der Waals surface area contributed by atoms with Crippen molar-refractivity contribution in [1.29, 1.82) is 0 Å². The van der Waals surface area contributed by atoms with E-state index in [-0.39, 0.29) is 21.6 Å². The zero-order valence-electron chi connectivity index (χ0n) is 9.87. The molecule has 1 aliphatic rings. The van der Waals surface area contributed by atoms with Crippen molar-refractivity contribution in [3.63, 3.8) is 0 Å². The Labute approximate surface area is 122 Å². The molecule has 2 N–H and O–H groups in total. The number of halogens is 5. The van der Waals surface area contributed by atoms with Crippen LogP contribution in [0.5, 0.6) is 11.5 Å². The van der Waals surface area contributed by atoms with Crippen LogP contribution in [0.1, 0.15) is 0 Å². The van der Waals surface area contributed by atoms with E-state index < -0.39 is 23.7 Å². The summed E-state index contributed by atoms with van der Waals surface area (Å²) in [4.78, 5) is 0. The number of anilines is 1. The second kappa shape index (κ2) is 4.26. The lowest BCUT2D eigenvalue weighted by Crippen LogP contribution is -2.52. The Hall–Kier alpha value is -1.97. The number of alkyl halides is 4. The van der Waals surface area contributed by atoms with Gasteiger partial charge in [-0.3, -0.25) is 0 Å². The largest absolute Gasteiger partial charge is 0.507 e. The molecule has 1 aliphatic heterocycles. The highest BCUT2D eigenvalue weighted by atomic mass is 79.9. The van der Waals surface area contributed by atoms with E-state index in [1.54, 1.807) is 0 Å². The Kier molecular flexibility index (Phi) is 2.84. The summed E-state index contributed by atoms with van der Waals surface area (Å²) in [5, 5.41) is 3.44. The monoisotopic (exact) mass is 368 g/mol. The Balaban J connectivity index is 2.10. The molecule has 0 unspecified atom stereocenters. The van der Waals surface area contributed by atoms with Crippen molar-refractivity contribution < 1.29 is 31.6 Å². The van der Waals surface area contributed by atoms with Crippen LogP contribution in [-0.2, 0) is 0 Å². The van der Waals surface area contributed by atoms with Crippen molar-refractivity contribution >= 4 is 21.7 Å². The van der Waals surface area contributed by atoms with Crippen molar-refractivity contribution in [3.8, 4) is 22.8 Å². The number of rotatable bonds is 1. The van der Waals surface area contributed by atoms with Crippen molar-refractivity contribution in [2.75, 3.05) is 5.73 Å². The molecule has 0 radical (unpaired) electrons. The van der Waals surface area contributed by atoms with Gasteiger partial charge in [0.1, 0.15) is 0 Å². The van der Waals surface area contributed by atoms with Crippen LogP contribution in [0.15, 0.2) is 27.2 Å². The molecule has 5 nitrogen and oxygen atoms in total. The van der Waals surface area contributed by atoms with E-state index in [0.29, 0.717) is 0 Å². The Morgan fingerprint density at radius 3 is 2.10 bits per heavy atom. The highest BCUT2D eigenvalue weighted by Crippen LogP contribution is 2.49. The molecule has 0 bridgehead atoms. The Bertz CT molecular complexity index is 719. The number of ether oxygens (including phenoxy) is 2. The average molecular weight is 369 g/mol. The number of hydrogen-bond acceptors (Lipinski definition) is 5. The standard InChI is InChI=1S/C11H5BrF4N2O3/c12-5-2-8-7(19-10(13,14)11(15,16)20-8)1-4(5)6-3-9(17)18-21-6/h1-3H,(H2,17,18). The maximum absolute atomic E-state index is 13.1. The number of nitrogens with zero attached hydrogens (tertiary/aromatic N) is 1. The summed E-state index contributed by atoms with van der Waals surface area (Å²) < 4.78 is 65.6. The zero-order valence-corrected chi connectivity index (χ0v) is 11.5. The first-order valence-corrected chi connectivity index (χ1v) is 6.19. The van der Waals surface area contributed by atoms with Gasteiger partial charge in [-0.1, -0.05) is 5.16 Å². The van der Waals surface area contributed by atoms with Gasteiger partial charge in [0.2, 0.25) is 0 Å². The van der Waals surface area contributed by atoms with Gasteiger partial charge in [0.25, 0.3) is 0 Å². The van der Waals surface area contributed by atoms with Gasteiger partial charge in [0, 0.05) is 16.1 Å². The number of nitrogens with two attached hydrogens (primary N) is 1. The highest BCUT2D eigenvalue weighted by Gasteiger charge is 2.66. The summed E-state index contributed by atoms with van der Waals surface area (Å²) in [5.41, 5.74) is 5.63. The zero-order chi connectivity index (χ0) is 15.4. The maximum Gasteiger partial charge on any atom is 0.507 e. The Morgan fingerprint density at radius 2 is 1.57 bits per heavy atom. The fraction of sp³-hybridized carbons (Fsp3) is 0.182. The third kappa shape index (κ3) is 2.19. The maximum atomic E-state index is 13.1. The van der Waals surface area contributed by atoms with E-state index in [2.05, 4.69) is 30.6 Å². The summed E-state index contributed by atoms with van der Waals surface area (Å²) in [7, 11) is 0. The van der Waals surface area contributed by atoms with Crippen molar-refractivity contribution in [3.05, 3.63) is 22.7 Å². The van der Waals surface area contributed by atoms with Crippen LogP contribution in [0.2, 0.25) is 0 Å². The molecular weight excluding hydrogens is 364 g/mol. The normalized spacial score (nSPS) is 18.5. The number of benzene rings is 1. The second-order valence-electron chi connectivity index (χ2n) is 4.13. The predicted molar refractivity (Wildman–Crippen MR) is 65.2 cm³/mol. The van der Waals surface area contributed by atoms with Gasteiger partial charge < -0.3 is 19.7 Å². The summed E-state index contributed by atoms with van der Waals surface area (Å²) >= 11 is 3.09. The molecule has 10 heteroatoms. The van der Waals surface area contributed by atoms with Gasteiger partial charge in [-0.15, -0.1) is 0 Å². The smallest absolute Gasteiger partial charge is 0.421 e. The lowest BCUT2D eigenvalue weighted by Gasteiger charge is -2.32. The molecule has 0 saturated heterocycles. The van der Waals surface area contributed by atoms with E-state index in [1.165, 1.54) is 6.07 Å². The molecule has 0 amide bonds. The predicted octanol–water partition coefficient (Wildman–Crippen LogP) is 3.64. The molecule has 0 spiro atoms. The molecule has 1 aromatic heterocycles. The van der Waals surface area contributed by atoms with Crippen LogP contribution >= 0.6 is 15.9 Å². The summed E-state index contributed by atoms with van der Waals surface area (Å²) in [5.74, 6) is -0.872. The molecule has 0 saturated carbocycles. The van der Waals surface area contributed by atoms with Gasteiger partial charge >= 0.3 is 12.2 Å². The van der Waals surface area contributed by atoms with Crippen molar-refractivity contribution in [2.24, 2.45) is 0 Å². The minimum Gasteiger partial charge on any atom is -0.421 e. The highest BCUT2D eigenvalue weighted by molar-refractivity contribution is 9.10. The van der Waals surface area contributed by atoms with Gasteiger partial charge in [0.05, 0.1) is 0 Å². The number of fused-ring (bicyclic) bond motifs is 1. The molecule has 2 aromatic rings. The van der Waals surface area contributed by atoms with Gasteiger partial charge in [0.15, 0.2) is 23.1 Å². The minimum atomic E-state index is -4.79. The molecule has 21 heavy (non-hydrogen) atoms. The first kappa shape index (κ1) is 14.0. The quantitative estimate of drug-likeness (QED) is 0.778. The van der Waals surface area contributed by atoms with Crippen molar-refractivity contribution in [2.45, 2.75) is 12.2 Å². The number of nitrogen functional groups attached to an aromatic ring is 1. The van der Waals surface area contributed by atoms with Crippen LogP contribution in [-0.4, -0.2) is 17.4 Å². The summed E-state index contributed by atoms with van der Waals surface area (Å²) in [6.07, 6.45) is -9.55. The number of hydrogen-bond donors (Lipinski definition) is 1. The first-order chi connectivity index (χ1) is 9.69. The third-order valence-corrected chi connectivity index (χ3v) is 3.30. The van der Waals surface area contributed by atoms with E-state index in [1.807, 2.05) is 0 Å². The van der Waals surface area contributed by atoms with Crippen LogP contribution in [0.25, 0.3) is 11.3 Å². The van der Waals surface area contributed by atoms with E-state index in [9.17, 15) is 17.6 Å². The van der Waals surface area contributed by atoms with E-state index >= 15 is 0 Å². The average Bonchev–Trinajstić information content (AvgIpc) is 2.77. The Morgan fingerprint density at radius 1 is 1.00 bits per heavy atom. The van der Waals surface area contributed by atoms with Crippen LogP contribution in [0.3, 0.4) is 0 Å². The molecule has 3 rings (SSSR count). The molecule has 112 valence electrons. The molecule has 1 aromatic carbocycles. The van der Waals surface area contributed by atoms with Crippen LogP contribution < -0.4 is 15.2 Å². The molecule has 2 heterocycles. The SMILES string of the molecule is Nc1cc(-c2cc3c(cc2Br)OC(F)(F)C(F)(F)O3)on1. The van der Waals surface area contributed by atoms with E-state index in [4.69, 9.17) is 10.3 Å². The van der Waals surface area contributed by atoms with Gasteiger partial charge in [-0.2, -0.15) is 17.6 Å². The van der Waals surface area contributed by atoms with Crippen LogP contribution in [0, 0.1) is 0 Å². The number of aromatic nitrogens is 1. The topological polar surface area (TPSA) is 70.5 Å². The minimum absolute atomic E-state index is 0.0728. The van der Waals surface area contributed by atoms with Crippen molar-refractivity contribution in [1.82, 2.24) is 5.16 Å². The fourth-order valence-electron chi connectivity index (χ4n) is 1.69. The first-order valence-electron chi connectivity index (χ1n) is 5.39. The van der Waals surface area contributed by atoms with Gasteiger partial charge in [-0.25, -0.2) is 0 Å². The van der Waals surface area contributed by atoms with Gasteiger partial charge in [-0.05, 0) is 28.1 Å². The summed E-state index contributed by atoms with van der Waals surface area (Å²) in [6.45, 7) is 0. The lowest BCUT2D eigenvalue weighted by atomic mass is 10.1. The molecule has 0 fully saturated rings.